The summed E-state index contributed by atoms with van der Waals surface area (Å²) in [6.45, 7) is 2.01. The fraction of sp³-hybridized carbons (Fsp3) is 0.200. The molecule has 0 heterocycles. The van der Waals surface area contributed by atoms with E-state index in [1.165, 1.54) is 26.5 Å². The number of non-ortho nitro benzene ring substituents is 1. The highest BCUT2D eigenvalue weighted by Crippen LogP contribution is 2.38. The van der Waals surface area contributed by atoms with E-state index in [2.05, 4.69) is 10.5 Å². The molecule has 13 nitrogen and oxygen atoms in total. The van der Waals surface area contributed by atoms with Crippen molar-refractivity contribution in [1.29, 1.82) is 0 Å². The van der Waals surface area contributed by atoms with Crippen molar-refractivity contribution in [3.8, 4) is 28.7 Å². The monoisotopic (exact) mass is 524 g/mol. The first kappa shape index (κ1) is 27.4. The molecule has 0 saturated heterocycles. The number of amides is 1. The van der Waals surface area contributed by atoms with Gasteiger partial charge in [0.15, 0.2) is 23.0 Å². The zero-order valence-corrected chi connectivity index (χ0v) is 20.7. The normalized spacial score (nSPS) is 10.6. The van der Waals surface area contributed by atoms with Crippen molar-refractivity contribution in [3.05, 3.63) is 86.0 Å². The van der Waals surface area contributed by atoms with Crippen molar-refractivity contribution in [2.24, 2.45) is 5.10 Å². The third-order valence-electron chi connectivity index (χ3n) is 5.05. The molecule has 0 aliphatic heterocycles. The van der Waals surface area contributed by atoms with Crippen LogP contribution in [0.25, 0.3) is 0 Å². The maximum atomic E-state index is 12.3. The number of nitro groups is 2. The van der Waals surface area contributed by atoms with Crippen LogP contribution in [0.1, 0.15) is 18.1 Å². The largest absolute Gasteiger partial charge is 0.493 e. The van der Waals surface area contributed by atoms with Crippen LogP contribution >= 0.6 is 0 Å². The third-order valence-corrected chi connectivity index (χ3v) is 5.05. The van der Waals surface area contributed by atoms with Crippen LogP contribution in [0, 0.1) is 20.2 Å². The minimum absolute atomic E-state index is 0.0582. The quantitative estimate of drug-likeness (QED) is 0.205. The molecule has 0 radical (unpaired) electrons. The lowest BCUT2D eigenvalue weighted by Gasteiger charge is -2.12. The van der Waals surface area contributed by atoms with Crippen molar-refractivity contribution in [2.45, 2.75) is 13.3 Å². The Kier molecular flexibility index (Phi) is 9.13. The summed E-state index contributed by atoms with van der Waals surface area (Å²) >= 11 is 0. The Balaban J connectivity index is 1.72. The SMILES string of the molecule is CCOc1cc(C=NNC(=O)Cc2ccc(OC)c(OC)c2)ccc1Oc1ccc([N+](=O)[O-])cc1[N+](=O)[O-]. The lowest BCUT2D eigenvalue weighted by molar-refractivity contribution is -0.394. The van der Waals surface area contributed by atoms with Gasteiger partial charge in [0.05, 0.1) is 49.4 Å². The van der Waals surface area contributed by atoms with E-state index in [0.29, 0.717) is 22.6 Å². The van der Waals surface area contributed by atoms with Gasteiger partial charge in [0.2, 0.25) is 11.7 Å². The second-order valence-electron chi connectivity index (χ2n) is 7.57. The van der Waals surface area contributed by atoms with E-state index in [-0.39, 0.29) is 36.2 Å². The number of benzene rings is 3. The van der Waals surface area contributed by atoms with Gasteiger partial charge < -0.3 is 18.9 Å². The molecule has 3 rings (SSSR count). The fourth-order valence-corrected chi connectivity index (χ4v) is 3.32. The number of rotatable bonds is 12. The van der Waals surface area contributed by atoms with Gasteiger partial charge >= 0.3 is 5.69 Å². The van der Waals surface area contributed by atoms with E-state index in [1.54, 1.807) is 37.3 Å². The molecule has 198 valence electrons. The Morgan fingerprint density at radius 1 is 0.895 bits per heavy atom. The Morgan fingerprint density at radius 2 is 1.61 bits per heavy atom. The number of nitrogens with one attached hydrogen (secondary N) is 1. The van der Waals surface area contributed by atoms with Gasteiger partial charge in [-0.1, -0.05) is 6.07 Å². The highest BCUT2D eigenvalue weighted by Gasteiger charge is 2.22. The lowest BCUT2D eigenvalue weighted by atomic mass is 10.1. The van der Waals surface area contributed by atoms with Gasteiger partial charge in [-0.2, -0.15) is 5.10 Å². The Hall–Kier alpha value is -5.20. The van der Waals surface area contributed by atoms with Crippen LogP contribution in [-0.4, -0.2) is 42.8 Å². The number of carbonyl (C=O) groups excluding carboxylic acids is 1. The predicted molar refractivity (Wildman–Crippen MR) is 136 cm³/mol. The standard InChI is InChI=1S/C25H24N4O9/c1-4-37-24-12-17(15-26-27-25(30)13-16-5-8-21(35-2)23(11-16)36-3)6-9-22(24)38-20-10-7-18(28(31)32)14-19(20)29(33)34/h5-12,14-15H,4,13H2,1-3H3,(H,27,30). The van der Waals surface area contributed by atoms with Crippen molar-refractivity contribution >= 4 is 23.5 Å². The summed E-state index contributed by atoms with van der Waals surface area (Å²) < 4.78 is 21.7. The van der Waals surface area contributed by atoms with E-state index in [4.69, 9.17) is 18.9 Å². The molecule has 0 bridgehead atoms. The van der Waals surface area contributed by atoms with Gasteiger partial charge in [-0.05, 0) is 54.4 Å². The molecule has 0 saturated carbocycles. The summed E-state index contributed by atoms with van der Waals surface area (Å²) in [4.78, 5) is 33.2. The molecule has 0 aliphatic carbocycles. The minimum atomic E-state index is -0.769. The Bertz CT molecular complexity index is 1370. The molecule has 3 aromatic carbocycles. The molecule has 0 spiro atoms. The maximum absolute atomic E-state index is 12.3. The number of hydrazone groups is 1. The smallest absolute Gasteiger partial charge is 0.318 e. The molecule has 1 amide bonds. The fourth-order valence-electron chi connectivity index (χ4n) is 3.32. The number of carbonyl (C=O) groups is 1. The van der Waals surface area contributed by atoms with Gasteiger partial charge in [-0.3, -0.25) is 25.0 Å². The summed E-state index contributed by atoms with van der Waals surface area (Å²) in [6, 6.07) is 12.9. The van der Waals surface area contributed by atoms with Crippen LogP contribution in [0.5, 0.6) is 28.7 Å². The summed E-state index contributed by atoms with van der Waals surface area (Å²) in [5, 5.41) is 26.3. The lowest BCUT2D eigenvalue weighted by Crippen LogP contribution is -2.19. The van der Waals surface area contributed by atoms with Crippen molar-refractivity contribution in [3.63, 3.8) is 0 Å². The minimum Gasteiger partial charge on any atom is -0.493 e. The van der Waals surface area contributed by atoms with Crippen molar-refractivity contribution in [1.82, 2.24) is 5.43 Å². The number of ether oxygens (including phenoxy) is 4. The molecule has 0 aliphatic rings. The van der Waals surface area contributed by atoms with Gasteiger partial charge in [0.1, 0.15) is 0 Å². The van der Waals surface area contributed by atoms with Crippen molar-refractivity contribution < 1.29 is 33.6 Å². The number of nitrogens with zero attached hydrogens (tertiary/aromatic N) is 3. The second-order valence-corrected chi connectivity index (χ2v) is 7.57. The molecular formula is C25H24N4O9. The van der Waals surface area contributed by atoms with Crippen LogP contribution in [0.2, 0.25) is 0 Å². The molecule has 38 heavy (non-hydrogen) atoms. The second kappa shape index (κ2) is 12.7. The van der Waals surface area contributed by atoms with Crippen LogP contribution in [-0.2, 0) is 11.2 Å². The molecule has 0 atom stereocenters. The van der Waals surface area contributed by atoms with Gasteiger partial charge in [0, 0.05) is 6.07 Å². The molecule has 0 aromatic heterocycles. The van der Waals surface area contributed by atoms with E-state index in [0.717, 1.165) is 18.2 Å². The average Bonchev–Trinajstić information content (AvgIpc) is 2.90. The number of hydrogen-bond acceptors (Lipinski definition) is 10. The van der Waals surface area contributed by atoms with Gasteiger partial charge in [-0.15, -0.1) is 0 Å². The van der Waals surface area contributed by atoms with Crippen LogP contribution in [0.3, 0.4) is 0 Å². The molecule has 1 N–H and O–H groups in total. The van der Waals surface area contributed by atoms with E-state index in [1.807, 2.05) is 0 Å². The first-order valence-corrected chi connectivity index (χ1v) is 11.2. The third kappa shape index (κ3) is 6.94. The maximum Gasteiger partial charge on any atom is 0.318 e. The Morgan fingerprint density at radius 3 is 2.26 bits per heavy atom. The predicted octanol–water partition coefficient (Wildman–Crippen LogP) is 4.40. The number of nitro benzene ring substituents is 2. The zero-order valence-electron chi connectivity index (χ0n) is 20.7. The molecule has 13 heteroatoms. The highest BCUT2D eigenvalue weighted by molar-refractivity contribution is 5.84. The van der Waals surface area contributed by atoms with Crippen molar-refractivity contribution in [2.75, 3.05) is 20.8 Å². The molecule has 0 fully saturated rings. The summed E-state index contributed by atoms with van der Waals surface area (Å²) in [6.07, 6.45) is 1.45. The first-order valence-electron chi connectivity index (χ1n) is 11.2. The molecule has 0 unspecified atom stereocenters. The topological polar surface area (TPSA) is 165 Å². The highest BCUT2D eigenvalue weighted by atomic mass is 16.6. The zero-order chi connectivity index (χ0) is 27.7. The summed E-state index contributed by atoms with van der Waals surface area (Å²) in [5.74, 6) is 0.912. The van der Waals surface area contributed by atoms with Crippen LogP contribution in [0.15, 0.2) is 59.7 Å². The average molecular weight is 524 g/mol. The molecular weight excluding hydrogens is 500 g/mol. The number of hydrogen-bond donors (Lipinski definition) is 1. The van der Waals surface area contributed by atoms with Gasteiger partial charge in [0.25, 0.3) is 5.69 Å². The number of methoxy groups -OCH3 is 2. The van der Waals surface area contributed by atoms with Crippen LogP contribution in [0.4, 0.5) is 11.4 Å². The van der Waals surface area contributed by atoms with Gasteiger partial charge in [-0.25, -0.2) is 5.43 Å². The summed E-state index contributed by atoms with van der Waals surface area (Å²) in [7, 11) is 3.03. The summed E-state index contributed by atoms with van der Waals surface area (Å²) in [5.41, 5.74) is 2.69. The van der Waals surface area contributed by atoms with E-state index in [9.17, 15) is 25.0 Å². The van der Waals surface area contributed by atoms with Crippen LogP contribution < -0.4 is 24.4 Å². The van der Waals surface area contributed by atoms with E-state index >= 15 is 0 Å². The Labute approximate surface area is 216 Å². The van der Waals surface area contributed by atoms with E-state index < -0.39 is 21.2 Å². The first-order chi connectivity index (χ1) is 18.2. The molecule has 3 aromatic rings.